The van der Waals surface area contributed by atoms with Gasteiger partial charge in [0.25, 0.3) is 5.56 Å². The standard InChI is InChI=1S/C25H27N5O2/c1-17(2)23-20-15-27-30(21-12-8-7-9-18(21)3)24(20)25(32)29(28-23)16-22(31)26-14-13-19-10-5-4-6-11-19/h4-12,15,17H,13-14,16H2,1-3H3,(H,26,31). The summed E-state index contributed by atoms with van der Waals surface area (Å²) in [6.07, 6.45) is 2.42. The fourth-order valence-electron chi connectivity index (χ4n) is 3.79. The van der Waals surface area contributed by atoms with E-state index in [9.17, 15) is 9.59 Å². The molecule has 164 valence electrons. The zero-order chi connectivity index (χ0) is 22.7. The summed E-state index contributed by atoms with van der Waals surface area (Å²) in [5, 5.41) is 12.6. The van der Waals surface area contributed by atoms with Gasteiger partial charge < -0.3 is 5.32 Å². The predicted octanol–water partition coefficient (Wildman–Crippen LogP) is 3.37. The summed E-state index contributed by atoms with van der Waals surface area (Å²) in [5.41, 5.74) is 3.84. The third kappa shape index (κ3) is 4.32. The van der Waals surface area contributed by atoms with Crippen molar-refractivity contribution in [1.29, 1.82) is 0 Å². The van der Waals surface area contributed by atoms with E-state index in [-0.39, 0.29) is 23.9 Å². The molecule has 7 heteroatoms. The molecule has 0 bridgehead atoms. The van der Waals surface area contributed by atoms with Crippen LogP contribution in [0.1, 0.15) is 36.6 Å². The molecular weight excluding hydrogens is 402 g/mol. The molecule has 0 saturated carbocycles. The van der Waals surface area contributed by atoms with Crippen LogP contribution in [0.15, 0.2) is 65.6 Å². The quantitative estimate of drug-likeness (QED) is 0.488. The molecule has 0 fully saturated rings. The summed E-state index contributed by atoms with van der Waals surface area (Å²) < 4.78 is 2.91. The summed E-state index contributed by atoms with van der Waals surface area (Å²) in [5.74, 6) is -0.174. The third-order valence-corrected chi connectivity index (χ3v) is 5.47. The molecule has 1 amide bonds. The Bertz CT molecular complexity index is 1310. The largest absolute Gasteiger partial charge is 0.354 e. The maximum atomic E-state index is 13.4. The molecule has 1 N–H and O–H groups in total. The second kappa shape index (κ2) is 9.18. The fraction of sp³-hybridized carbons (Fsp3) is 0.280. The van der Waals surface area contributed by atoms with Crippen LogP contribution in [0.2, 0.25) is 0 Å². The van der Waals surface area contributed by atoms with Gasteiger partial charge in [0, 0.05) is 11.9 Å². The highest BCUT2D eigenvalue weighted by atomic mass is 16.2. The lowest BCUT2D eigenvalue weighted by Crippen LogP contribution is -2.35. The van der Waals surface area contributed by atoms with E-state index in [2.05, 4.69) is 15.5 Å². The van der Waals surface area contributed by atoms with Crippen LogP contribution in [0, 0.1) is 6.92 Å². The zero-order valence-corrected chi connectivity index (χ0v) is 18.6. The molecule has 32 heavy (non-hydrogen) atoms. The second-order valence-electron chi connectivity index (χ2n) is 8.19. The molecule has 2 aromatic heterocycles. The molecule has 0 aliphatic carbocycles. The minimum absolute atomic E-state index is 0.0695. The summed E-state index contributed by atoms with van der Waals surface area (Å²) in [7, 11) is 0. The van der Waals surface area contributed by atoms with Crippen molar-refractivity contribution in [3.05, 3.63) is 88.0 Å². The Hall–Kier alpha value is -3.74. The number of nitrogens with one attached hydrogen (secondary N) is 1. The molecular formula is C25H27N5O2. The van der Waals surface area contributed by atoms with Crippen LogP contribution in [0.5, 0.6) is 0 Å². The number of aromatic nitrogens is 4. The highest BCUT2D eigenvalue weighted by molar-refractivity contribution is 5.83. The van der Waals surface area contributed by atoms with Crippen LogP contribution in [0.4, 0.5) is 0 Å². The highest BCUT2D eigenvalue weighted by Gasteiger charge is 2.20. The van der Waals surface area contributed by atoms with E-state index >= 15 is 0 Å². The van der Waals surface area contributed by atoms with Crippen molar-refractivity contribution in [1.82, 2.24) is 24.9 Å². The fourth-order valence-corrected chi connectivity index (χ4v) is 3.79. The number of benzene rings is 2. The van der Waals surface area contributed by atoms with Crippen LogP contribution in [-0.2, 0) is 17.8 Å². The molecule has 0 saturated heterocycles. The normalized spacial score (nSPS) is 11.2. The molecule has 0 spiro atoms. The Labute approximate surface area is 186 Å². The molecule has 4 rings (SSSR count). The number of carbonyl (C=O) groups excluding carboxylic acids is 1. The average Bonchev–Trinajstić information content (AvgIpc) is 3.22. The minimum Gasteiger partial charge on any atom is -0.354 e. The number of amides is 1. The first-order valence-corrected chi connectivity index (χ1v) is 10.8. The van der Waals surface area contributed by atoms with Crippen LogP contribution in [0.3, 0.4) is 0 Å². The van der Waals surface area contributed by atoms with Gasteiger partial charge >= 0.3 is 0 Å². The SMILES string of the molecule is Cc1ccccc1-n1ncc2c(C(C)C)nn(CC(=O)NCCc3ccccc3)c(=O)c21. The molecule has 0 aliphatic heterocycles. The third-order valence-electron chi connectivity index (χ3n) is 5.47. The number of fused-ring (bicyclic) bond motifs is 1. The van der Waals surface area contributed by atoms with Crippen LogP contribution in [0.25, 0.3) is 16.6 Å². The lowest BCUT2D eigenvalue weighted by molar-refractivity contribution is -0.121. The van der Waals surface area contributed by atoms with Gasteiger partial charge in [0.1, 0.15) is 12.1 Å². The van der Waals surface area contributed by atoms with Crippen molar-refractivity contribution >= 4 is 16.8 Å². The van der Waals surface area contributed by atoms with E-state index in [0.29, 0.717) is 17.4 Å². The molecule has 2 aromatic carbocycles. The molecule has 0 atom stereocenters. The maximum Gasteiger partial charge on any atom is 0.293 e. The second-order valence-corrected chi connectivity index (χ2v) is 8.19. The first-order valence-electron chi connectivity index (χ1n) is 10.8. The first-order chi connectivity index (χ1) is 15.5. The lowest BCUT2D eigenvalue weighted by atomic mass is 10.1. The van der Waals surface area contributed by atoms with Gasteiger partial charge in [-0.2, -0.15) is 10.2 Å². The molecule has 0 aliphatic rings. The number of para-hydroxylation sites is 1. The summed E-state index contributed by atoms with van der Waals surface area (Å²) in [4.78, 5) is 25.9. The number of aryl methyl sites for hydroxylation is 1. The van der Waals surface area contributed by atoms with Crippen molar-refractivity contribution in [2.24, 2.45) is 0 Å². The summed E-state index contributed by atoms with van der Waals surface area (Å²) in [6.45, 7) is 6.37. The predicted molar refractivity (Wildman–Crippen MR) is 125 cm³/mol. The topological polar surface area (TPSA) is 81.8 Å². The highest BCUT2D eigenvalue weighted by Crippen LogP contribution is 2.24. The van der Waals surface area contributed by atoms with Gasteiger partial charge in [0.05, 0.1) is 17.6 Å². The number of nitrogens with zero attached hydrogens (tertiary/aromatic N) is 4. The summed E-state index contributed by atoms with van der Waals surface area (Å²) >= 11 is 0. The van der Waals surface area contributed by atoms with E-state index in [1.54, 1.807) is 10.9 Å². The molecule has 0 radical (unpaired) electrons. The van der Waals surface area contributed by atoms with Gasteiger partial charge in [-0.1, -0.05) is 62.4 Å². The van der Waals surface area contributed by atoms with E-state index in [1.165, 1.54) is 4.68 Å². The smallest absolute Gasteiger partial charge is 0.293 e. The number of hydrogen-bond acceptors (Lipinski definition) is 4. The molecule has 7 nitrogen and oxygen atoms in total. The van der Waals surface area contributed by atoms with Crippen molar-refractivity contribution in [3.8, 4) is 5.69 Å². The van der Waals surface area contributed by atoms with Crippen molar-refractivity contribution in [3.63, 3.8) is 0 Å². The van der Waals surface area contributed by atoms with E-state index < -0.39 is 0 Å². The van der Waals surface area contributed by atoms with Gasteiger partial charge in [0.15, 0.2) is 0 Å². The zero-order valence-electron chi connectivity index (χ0n) is 18.6. The Morgan fingerprint density at radius 1 is 1.06 bits per heavy atom. The van der Waals surface area contributed by atoms with Gasteiger partial charge in [0.2, 0.25) is 5.91 Å². The first kappa shape index (κ1) is 21.5. The monoisotopic (exact) mass is 429 g/mol. The van der Waals surface area contributed by atoms with Crippen LogP contribution in [-0.4, -0.2) is 32.0 Å². The maximum absolute atomic E-state index is 13.4. The molecule has 2 heterocycles. The lowest BCUT2D eigenvalue weighted by Gasteiger charge is -2.13. The van der Waals surface area contributed by atoms with E-state index in [4.69, 9.17) is 0 Å². The van der Waals surface area contributed by atoms with Crippen molar-refractivity contribution in [2.45, 2.75) is 39.7 Å². The van der Waals surface area contributed by atoms with Gasteiger partial charge in [-0.3, -0.25) is 9.59 Å². The van der Waals surface area contributed by atoms with E-state index in [1.807, 2.05) is 75.4 Å². The van der Waals surface area contributed by atoms with Crippen LogP contribution < -0.4 is 10.9 Å². The Morgan fingerprint density at radius 3 is 2.50 bits per heavy atom. The minimum atomic E-state index is -0.330. The average molecular weight is 430 g/mol. The number of carbonyl (C=O) groups is 1. The Kier molecular flexibility index (Phi) is 6.16. The Morgan fingerprint density at radius 2 is 1.78 bits per heavy atom. The van der Waals surface area contributed by atoms with Crippen molar-refractivity contribution < 1.29 is 4.79 Å². The molecule has 4 aromatic rings. The molecule has 0 unspecified atom stereocenters. The van der Waals surface area contributed by atoms with Gasteiger partial charge in [-0.25, -0.2) is 9.36 Å². The Balaban J connectivity index is 1.65. The van der Waals surface area contributed by atoms with Crippen molar-refractivity contribution in [2.75, 3.05) is 6.54 Å². The van der Waals surface area contributed by atoms with Crippen LogP contribution >= 0.6 is 0 Å². The summed E-state index contributed by atoms with van der Waals surface area (Å²) in [6, 6.07) is 17.7. The number of hydrogen-bond donors (Lipinski definition) is 1. The van der Waals surface area contributed by atoms with Gasteiger partial charge in [-0.15, -0.1) is 0 Å². The number of rotatable bonds is 7. The van der Waals surface area contributed by atoms with E-state index in [0.717, 1.165) is 28.9 Å². The van der Waals surface area contributed by atoms with Gasteiger partial charge in [-0.05, 0) is 36.5 Å².